The highest BCUT2D eigenvalue weighted by atomic mass is 16.1. The van der Waals surface area contributed by atoms with E-state index in [1.807, 2.05) is 12.1 Å². The Hall–Kier alpha value is -3.07. The maximum Gasteiger partial charge on any atom is 0.249 e. The molecule has 0 aliphatic carbocycles. The van der Waals surface area contributed by atoms with Crippen LogP contribution in [0.2, 0.25) is 0 Å². The van der Waals surface area contributed by atoms with E-state index >= 15 is 0 Å². The molecule has 0 fully saturated rings. The van der Waals surface area contributed by atoms with Crippen LogP contribution < -0.4 is 5.73 Å². The van der Waals surface area contributed by atoms with Gasteiger partial charge in [0.2, 0.25) is 5.91 Å². The molecule has 3 heteroatoms. The van der Waals surface area contributed by atoms with E-state index in [1.165, 1.54) is 40.6 Å². The molecular formula is C26H28N2O. The van der Waals surface area contributed by atoms with Gasteiger partial charge in [0.15, 0.2) is 0 Å². The van der Waals surface area contributed by atoms with E-state index in [-0.39, 0.29) is 5.91 Å². The lowest BCUT2D eigenvalue weighted by Crippen LogP contribution is -2.11. The Bertz CT molecular complexity index is 1220. The number of primary amides is 1. The van der Waals surface area contributed by atoms with E-state index in [0.29, 0.717) is 5.56 Å². The molecule has 0 aliphatic heterocycles. The largest absolute Gasteiger partial charge is 0.366 e. The molecule has 1 amide bonds. The van der Waals surface area contributed by atoms with Gasteiger partial charge in [0.25, 0.3) is 0 Å². The zero-order valence-corrected chi connectivity index (χ0v) is 17.5. The fourth-order valence-electron chi connectivity index (χ4n) is 4.19. The van der Waals surface area contributed by atoms with Crippen LogP contribution in [0.25, 0.3) is 21.8 Å². The van der Waals surface area contributed by atoms with Gasteiger partial charge in [-0.05, 0) is 67.1 Å². The number of rotatable bonds is 6. The molecule has 0 radical (unpaired) electrons. The van der Waals surface area contributed by atoms with Gasteiger partial charge in [-0.25, -0.2) is 0 Å². The molecule has 0 aliphatic rings. The molecule has 0 spiro atoms. The van der Waals surface area contributed by atoms with Crippen molar-refractivity contribution >= 4 is 27.7 Å². The van der Waals surface area contributed by atoms with E-state index in [1.54, 1.807) is 0 Å². The maximum atomic E-state index is 12.1. The maximum absolute atomic E-state index is 12.1. The summed E-state index contributed by atoms with van der Waals surface area (Å²) in [7, 11) is 0. The fraction of sp³-hybridized carbons (Fsp3) is 0.269. The number of aromatic nitrogens is 1. The Morgan fingerprint density at radius 3 is 2.45 bits per heavy atom. The summed E-state index contributed by atoms with van der Waals surface area (Å²) in [4.78, 5) is 12.1. The molecule has 0 saturated carbocycles. The number of hydrogen-bond acceptors (Lipinski definition) is 1. The molecule has 29 heavy (non-hydrogen) atoms. The molecule has 4 rings (SSSR count). The summed E-state index contributed by atoms with van der Waals surface area (Å²) in [5, 5.41) is 2.05. The lowest BCUT2D eigenvalue weighted by molar-refractivity contribution is 0.100. The van der Waals surface area contributed by atoms with Crippen molar-refractivity contribution in [3.63, 3.8) is 0 Å². The number of amides is 1. The summed E-state index contributed by atoms with van der Waals surface area (Å²) in [6.45, 7) is 7.27. The Labute approximate surface area is 172 Å². The van der Waals surface area contributed by atoms with E-state index < -0.39 is 0 Å². The third-order valence-corrected chi connectivity index (χ3v) is 5.95. The predicted molar refractivity (Wildman–Crippen MR) is 122 cm³/mol. The number of hydrogen-bond donors (Lipinski definition) is 1. The van der Waals surface area contributed by atoms with Gasteiger partial charge < -0.3 is 10.3 Å². The van der Waals surface area contributed by atoms with Crippen LogP contribution in [0.3, 0.4) is 0 Å². The molecule has 148 valence electrons. The Kier molecular flexibility index (Phi) is 5.14. The number of nitrogens with zero attached hydrogens (tertiary/aromatic N) is 1. The SMILES string of the molecule is CCCCc1ccc2c3c(C(N)=O)cccc3n(Cc3ccc(C)c(C)c3)c2c1. The van der Waals surface area contributed by atoms with Crippen LogP contribution in [0.1, 0.15) is 52.4 Å². The van der Waals surface area contributed by atoms with Crippen molar-refractivity contribution in [1.29, 1.82) is 0 Å². The van der Waals surface area contributed by atoms with Crippen molar-refractivity contribution in [2.45, 2.75) is 46.6 Å². The average Bonchev–Trinajstić information content (AvgIpc) is 3.02. The minimum atomic E-state index is -0.379. The monoisotopic (exact) mass is 384 g/mol. The molecule has 3 nitrogen and oxygen atoms in total. The quantitative estimate of drug-likeness (QED) is 0.442. The van der Waals surface area contributed by atoms with Crippen molar-refractivity contribution in [2.24, 2.45) is 5.73 Å². The predicted octanol–water partition coefficient (Wildman–Crippen LogP) is 5.90. The van der Waals surface area contributed by atoms with Gasteiger partial charge in [-0.3, -0.25) is 4.79 Å². The topological polar surface area (TPSA) is 48.0 Å². The number of benzene rings is 3. The molecular weight excluding hydrogens is 356 g/mol. The van der Waals surface area contributed by atoms with Crippen LogP contribution in [-0.2, 0) is 13.0 Å². The zero-order valence-electron chi connectivity index (χ0n) is 17.5. The van der Waals surface area contributed by atoms with Crippen LogP contribution >= 0.6 is 0 Å². The summed E-state index contributed by atoms with van der Waals surface area (Å²) < 4.78 is 2.33. The highest BCUT2D eigenvalue weighted by molar-refractivity contribution is 6.18. The highest BCUT2D eigenvalue weighted by Gasteiger charge is 2.17. The fourth-order valence-corrected chi connectivity index (χ4v) is 4.19. The van der Waals surface area contributed by atoms with Crippen LogP contribution in [0.5, 0.6) is 0 Å². The number of nitrogens with two attached hydrogens (primary N) is 1. The van der Waals surface area contributed by atoms with Crippen molar-refractivity contribution in [1.82, 2.24) is 4.57 Å². The number of unbranched alkanes of at least 4 members (excludes halogenated alkanes) is 1. The molecule has 2 N–H and O–H groups in total. The Balaban J connectivity index is 1.96. The Morgan fingerprint density at radius 2 is 1.72 bits per heavy atom. The second kappa shape index (κ2) is 7.75. The second-order valence-corrected chi connectivity index (χ2v) is 8.02. The third kappa shape index (κ3) is 3.53. The van der Waals surface area contributed by atoms with Gasteiger partial charge in [0.05, 0.1) is 5.52 Å². The van der Waals surface area contributed by atoms with E-state index in [0.717, 1.165) is 29.3 Å². The minimum Gasteiger partial charge on any atom is -0.366 e. The lowest BCUT2D eigenvalue weighted by atomic mass is 10.0. The molecule has 1 aromatic heterocycles. The van der Waals surface area contributed by atoms with Gasteiger partial charge in [0.1, 0.15) is 0 Å². The number of carbonyl (C=O) groups excluding carboxylic acids is 1. The van der Waals surface area contributed by atoms with Gasteiger partial charge in [-0.2, -0.15) is 0 Å². The first kappa shape index (κ1) is 19.3. The van der Waals surface area contributed by atoms with E-state index in [9.17, 15) is 4.79 Å². The molecule has 0 bridgehead atoms. The molecule has 1 heterocycles. The normalized spacial score (nSPS) is 11.4. The summed E-state index contributed by atoms with van der Waals surface area (Å²) >= 11 is 0. The van der Waals surface area contributed by atoms with E-state index in [2.05, 4.69) is 67.8 Å². The first-order chi connectivity index (χ1) is 14.0. The number of fused-ring (bicyclic) bond motifs is 3. The summed E-state index contributed by atoms with van der Waals surface area (Å²) in [6.07, 6.45) is 3.42. The van der Waals surface area contributed by atoms with Crippen molar-refractivity contribution in [3.05, 3.63) is 82.4 Å². The third-order valence-electron chi connectivity index (χ3n) is 5.95. The van der Waals surface area contributed by atoms with Gasteiger partial charge in [-0.1, -0.05) is 49.7 Å². The number of aryl methyl sites for hydroxylation is 3. The molecule has 0 atom stereocenters. The number of carbonyl (C=O) groups is 1. The van der Waals surface area contributed by atoms with Crippen LogP contribution in [0.15, 0.2) is 54.6 Å². The van der Waals surface area contributed by atoms with Crippen LogP contribution in [0.4, 0.5) is 0 Å². The van der Waals surface area contributed by atoms with E-state index in [4.69, 9.17) is 5.73 Å². The van der Waals surface area contributed by atoms with Gasteiger partial charge >= 0.3 is 0 Å². The van der Waals surface area contributed by atoms with Crippen molar-refractivity contribution in [2.75, 3.05) is 0 Å². The first-order valence-corrected chi connectivity index (χ1v) is 10.4. The van der Waals surface area contributed by atoms with Crippen LogP contribution in [0, 0.1) is 13.8 Å². The lowest BCUT2D eigenvalue weighted by Gasteiger charge is -2.11. The summed E-state index contributed by atoms with van der Waals surface area (Å²) in [5.41, 5.74) is 13.7. The van der Waals surface area contributed by atoms with Crippen LogP contribution in [-0.4, -0.2) is 10.5 Å². The molecule has 3 aromatic carbocycles. The van der Waals surface area contributed by atoms with Crippen molar-refractivity contribution in [3.8, 4) is 0 Å². The first-order valence-electron chi connectivity index (χ1n) is 10.4. The van der Waals surface area contributed by atoms with Crippen molar-refractivity contribution < 1.29 is 4.79 Å². The Morgan fingerprint density at radius 1 is 0.931 bits per heavy atom. The summed E-state index contributed by atoms with van der Waals surface area (Å²) in [5.74, 6) is -0.379. The minimum absolute atomic E-state index is 0.379. The summed E-state index contributed by atoms with van der Waals surface area (Å²) in [6, 6.07) is 19.1. The standard InChI is InChI=1S/C26H28N2O/c1-4-5-7-19-12-13-21-24(15-19)28(16-20-11-10-17(2)18(3)14-20)23-9-6-8-22(25(21)23)26(27)29/h6,8-15H,4-5,7,16H2,1-3H3,(H2,27,29). The smallest absolute Gasteiger partial charge is 0.249 e. The highest BCUT2D eigenvalue weighted by Crippen LogP contribution is 2.33. The molecule has 0 saturated heterocycles. The molecule has 4 aromatic rings. The average molecular weight is 385 g/mol. The van der Waals surface area contributed by atoms with Gasteiger partial charge in [-0.15, -0.1) is 0 Å². The zero-order chi connectivity index (χ0) is 20.5. The van der Waals surface area contributed by atoms with Gasteiger partial charge in [0, 0.05) is 28.4 Å². The second-order valence-electron chi connectivity index (χ2n) is 8.02. The molecule has 0 unspecified atom stereocenters.